The fourth-order valence-corrected chi connectivity index (χ4v) is 3.01. The van der Waals surface area contributed by atoms with Gasteiger partial charge in [0.05, 0.1) is 19.1 Å². The number of ether oxygens (including phenoxy) is 2. The molecule has 1 saturated heterocycles. The Labute approximate surface area is 199 Å². The van der Waals surface area contributed by atoms with Gasteiger partial charge >= 0.3 is 18.1 Å². The lowest BCUT2D eigenvalue weighted by molar-refractivity contribution is -0.192. The molecular weight excluding hydrogens is 473 g/mol. The van der Waals surface area contributed by atoms with Gasteiger partial charge in [-0.3, -0.25) is 14.5 Å². The van der Waals surface area contributed by atoms with Crippen LogP contribution < -0.4 is 10.1 Å². The lowest BCUT2D eigenvalue weighted by atomic mass is 10.1. The Morgan fingerprint density at radius 2 is 1.69 bits per heavy atom. The summed E-state index contributed by atoms with van der Waals surface area (Å²) >= 11 is 0. The predicted molar refractivity (Wildman–Crippen MR) is 118 cm³/mol. The Morgan fingerprint density at radius 3 is 2.26 bits per heavy atom. The van der Waals surface area contributed by atoms with Crippen LogP contribution in [0.4, 0.5) is 18.9 Å². The van der Waals surface area contributed by atoms with E-state index in [4.69, 9.17) is 24.5 Å². The molecule has 9 nitrogen and oxygen atoms in total. The lowest BCUT2D eigenvalue weighted by Crippen LogP contribution is -2.39. The average Bonchev–Trinajstić information content (AvgIpc) is 2.82. The minimum atomic E-state index is -5.08. The summed E-state index contributed by atoms with van der Waals surface area (Å²) in [6, 6.07) is 16.7. The van der Waals surface area contributed by atoms with Crippen LogP contribution in [0.3, 0.4) is 0 Å². The number of halogens is 3. The number of anilines is 1. The minimum absolute atomic E-state index is 0.0723. The molecule has 1 atom stereocenters. The molecule has 1 aliphatic heterocycles. The molecule has 1 amide bonds. The molecule has 2 aromatic rings. The van der Waals surface area contributed by atoms with E-state index in [0.717, 1.165) is 17.8 Å². The maximum atomic E-state index is 11.9. The number of alkyl halides is 3. The third-order valence-corrected chi connectivity index (χ3v) is 4.71. The van der Waals surface area contributed by atoms with Gasteiger partial charge in [-0.2, -0.15) is 13.2 Å². The second-order valence-corrected chi connectivity index (χ2v) is 7.38. The van der Waals surface area contributed by atoms with Crippen LogP contribution in [-0.4, -0.2) is 72.0 Å². The van der Waals surface area contributed by atoms with Crippen molar-refractivity contribution in [1.29, 1.82) is 0 Å². The molecular formula is C23H25F3N2O7. The van der Waals surface area contributed by atoms with E-state index in [0.29, 0.717) is 25.4 Å². The fourth-order valence-electron chi connectivity index (χ4n) is 3.01. The number of carboxylic acid groups (broad SMARTS) is 2. The van der Waals surface area contributed by atoms with Gasteiger partial charge in [-0.25, -0.2) is 4.79 Å². The molecule has 0 bridgehead atoms. The molecule has 12 heteroatoms. The summed E-state index contributed by atoms with van der Waals surface area (Å²) in [5.74, 6) is -3.17. The van der Waals surface area contributed by atoms with Crippen LogP contribution in [0.25, 0.3) is 0 Å². The number of morpholine rings is 1. The number of carbonyl (C=O) groups excluding carboxylic acids is 1. The molecule has 3 rings (SSSR count). The van der Waals surface area contributed by atoms with Crippen LogP contribution in [0.5, 0.6) is 5.75 Å². The molecule has 190 valence electrons. The molecule has 0 saturated carbocycles. The maximum Gasteiger partial charge on any atom is 0.490 e. The zero-order valence-corrected chi connectivity index (χ0v) is 18.5. The van der Waals surface area contributed by atoms with Crippen molar-refractivity contribution in [2.24, 2.45) is 0 Å². The molecule has 0 spiro atoms. The monoisotopic (exact) mass is 498 g/mol. The number of nitrogens with one attached hydrogen (secondary N) is 1. The number of nitrogens with zero attached hydrogens (tertiary/aromatic N) is 1. The highest BCUT2D eigenvalue weighted by Crippen LogP contribution is 2.24. The highest BCUT2D eigenvalue weighted by atomic mass is 19.4. The Morgan fingerprint density at radius 1 is 1.06 bits per heavy atom. The van der Waals surface area contributed by atoms with Gasteiger partial charge in [0.25, 0.3) is 5.91 Å². The van der Waals surface area contributed by atoms with E-state index in [1.807, 2.05) is 54.6 Å². The first-order valence-electron chi connectivity index (χ1n) is 10.5. The molecule has 1 unspecified atom stereocenters. The molecule has 0 aromatic heterocycles. The first-order chi connectivity index (χ1) is 16.5. The summed E-state index contributed by atoms with van der Waals surface area (Å²) in [6.07, 6.45) is -5.05. The number of hydrogen-bond acceptors (Lipinski definition) is 6. The van der Waals surface area contributed by atoms with Crippen LogP contribution in [0, 0.1) is 0 Å². The zero-order chi connectivity index (χ0) is 25.8. The smallest absolute Gasteiger partial charge is 0.484 e. The van der Waals surface area contributed by atoms with Gasteiger partial charge in [0.15, 0.2) is 6.61 Å². The zero-order valence-electron chi connectivity index (χ0n) is 18.5. The Bertz CT molecular complexity index is 969. The van der Waals surface area contributed by atoms with E-state index in [2.05, 4.69) is 10.2 Å². The van der Waals surface area contributed by atoms with Gasteiger partial charge in [0.1, 0.15) is 5.75 Å². The van der Waals surface area contributed by atoms with Crippen molar-refractivity contribution in [3.63, 3.8) is 0 Å². The van der Waals surface area contributed by atoms with Gasteiger partial charge in [-0.15, -0.1) is 0 Å². The SMILES string of the molecule is O=C(O)C(F)(F)F.O=C(O)CCN1CCOC(c2ccc(OCC(=O)Nc3ccccc3)cc2)C1. The quantitative estimate of drug-likeness (QED) is 0.507. The Hall–Kier alpha value is -3.64. The molecule has 35 heavy (non-hydrogen) atoms. The highest BCUT2D eigenvalue weighted by molar-refractivity contribution is 5.91. The van der Waals surface area contributed by atoms with Gasteiger partial charge in [0.2, 0.25) is 0 Å². The van der Waals surface area contributed by atoms with Crippen molar-refractivity contribution in [3.05, 3.63) is 60.2 Å². The number of carboxylic acids is 2. The van der Waals surface area contributed by atoms with Crippen molar-refractivity contribution < 1.29 is 47.2 Å². The molecule has 1 heterocycles. The van der Waals surface area contributed by atoms with E-state index in [9.17, 15) is 22.8 Å². The molecule has 0 radical (unpaired) electrons. The van der Waals surface area contributed by atoms with Crippen molar-refractivity contribution in [2.45, 2.75) is 18.7 Å². The number of hydrogen-bond donors (Lipinski definition) is 3. The number of amides is 1. The van der Waals surface area contributed by atoms with E-state index < -0.39 is 18.1 Å². The topological polar surface area (TPSA) is 125 Å². The van der Waals surface area contributed by atoms with Crippen molar-refractivity contribution >= 4 is 23.5 Å². The van der Waals surface area contributed by atoms with Crippen LogP contribution >= 0.6 is 0 Å². The highest BCUT2D eigenvalue weighted by Gasteiger charge is 2.38. The largest absolute Gasteiger partial charge is 0.490 e. The van der Waals surface area contributed by atoms with E-state index >= 15 is 0 Å². The van der Waals surface area contributed by atoms with Gasteiger partial charge < -0.3 is 25.0 Å². The molecule has 3 N–H and O–H groups in total. The summed E-state index contributed by atoms with van der Waals surface area (Å²) in [5.41, 5.74) is 1.73. The van der Waals surface area contributed by atoms with Crippen molar-refractivity contribution in [2.75, 3.05) is 38.2 Å². The third-order valence-electron chi connectivity index (χ3n) is 4.71. The minimum Gasteiger partial charge on any atom is -0.484 e. The standard InChI is InChI=1S/C21H24N2O5.C2HF3O2/c24-20(22-17-4-2-1-3-5-17)15-28-18-8-6-16(7-9-18)19-14-23(12-13-27-19)11-10-21(25)26;3-2(4,5)1(6)7/h1-9,19H,10-15H2,(H,22,24)(H,25,26);(H,6,7). The van der Waals surface area contributed by atoms with Crippen LogP contribution in [0.2, 0.25) is 0 Å². The van der Waals surface area contributed by atoms with E-state index in [1.54, 1.807) is 0 Å². The summed E-state index contributed by atoms with van der Waals surface area (Å²) in [6.45, 7) is 2.42. The first-order valence-corrected chi connectivity index (χ1v) is 10.5. The molecule has 0 aliphatic carbocycles. The number of para-hydroxylation sites is 1. The second-order valence-electron chi connectivity index (χ2n) is 7.38. The van der Waals surface area contributed by atoms with Crippen molar-refractivity contribution in [1.82, 2.24) is 4.90 Å². The Balaban J connectivity index is 0.000000540. The third kappa shape index (κ3) is 10.4. The lowest BCUT2D eigenvalue weighted by Gasteiger charge is -2.32. The maximum absolute atomic E-state index is 11.9. The fraction of sp³-hybridized carbons (Fsp3) is 0.348. The normalized spacial score (nSPS) is 15.9. The van der Waals surface area contributed by atoms with Gasteiger partial charge in [-0.1, -0.05) is 30.3 Å². The van der Waals surface area contributed by atoms with Crippen molar-refractivity contribution in [3.8, 4) is 5.75 Å². The van der Waals surface area contributed by atoms with Gasteiger partial charge in [0, 0.05) is 25.3 Å². The van der Waals surface area contributed by atoms with E-state index in [-0.39, 0.29) is 25.0 Å². The van der Waals surface area contributed by atoms with Crippen LogP contribution in [0.15, 0.2) is 54.6 Å². The summed E-state index contributed by atoms with van der Waals surface area (Å²) in [5, 5.41) is 18.7. The Kier molecular flexibility index (Phi) is 10.5. The molecule has 1 fully saturated rings. The van der Waals surface area contributed by atoms with Crippen LogP contribution in [0.1, 0.15) is 18.1 Å². The molecule has 2 aromatic carbocycles. The average molecular weight is 498 g/mol. The van der Waals surface area contributed by atoms with Gasteiger partial charge in [-0.05, 0) is 29.8 Å². The number of carbonyl (C=O) groups is 3. The summed E-state index contributed by atoms with van der Waals surface area (Å²) in [4.78, 5) is 33.7. The summed E-state index contributed by atoms with van der Waals surface area (Å²) in [7, 11) is 0. The van der Waals surface area contributed by atoms with Crippen LogP contribution in [-0.2, 0) is 19.1 Å². The molecule has 1 aliphatic rings. The number of rotatable bonds is 8. The summed E-state index contributed by atoms with van der Waals surface area (Å²) < 4.78 is 43.1. The van der Waals surface area contributed by atoms with E-state index in [1.165, 1.54) is 0 Å². The first kappa shape index (κ1) is 27.6. The second kappa shape index (κ2) is 13.3. The number of benzene rings is 2. The predicted octanol–water partition coefficient (Wildman–Crippen LogP) is 3.19. The number of aliphatic carboxylic acids is 2.